The first-order valence-corrected chi connectivity index (χ1v) is 7.67. The number of likely N-dealkylation sites (tertiary alicyclic amines) is 1. The molecule has 2 rings (SSSR count). The van der Waals surface area contributed by atoms with Gasteiger partial charge in [0.1, 0.15) is 18.5 Å². The molecule has 1 aromatic rings. The van der Waals surface area contributed by atoms with E-state index in [0.29, 0.717) is 6.61 Å². The van der Waals surface area contributed by atoms with Crippen molar-refractivity contribution < 1.29 is 22.3 Å². The third-order valence-electron chi connectivity index (χ3n) is 3.94. The molecule has 0 saturated carbocycles. The number of rotatable bonds is 5. The Bertz CT molecular complexity index is 421. The lowest BCUT2D eigenvalue weighted by atomic mass is 10.1. The lowest BCUT2D eigenvalue weighted by Crippen LogP contribution is -3.00. The maximum absolute atomic E-state index is 10.1. The second-order valence-corrected chi connectivity index (χ2v) is 6.05. The SMILES string of the molecule is Cc1cc(C)c(OCC(O)CN2CCCCC2)c(C)c1.[Cl-]. The van der Waals surface area contributed by atoms with Gasteiger partial charge in [-0.1, -0.05) is 24.1 Å². The molecule has 1 unspecified atom stereocenters. The van der Waals surface area contributed by atoms with Crippen molar-refractivity contribution in [2.24, 2.45) is 0 Å². The van der Waals surface area contributed by atoms with Crippen molar-refractivity contribution in [1.82, 2.24) is 4.90 Å². The van der Waals surface area contributed by atoms with E-state index < -0.39 is 6.10 Å². The summed E-state index contributed by atoms with van der Waals surface area (Å²) in [5, 5.41) is 10.1. The molecule has 0 aliphatic carbocycles. The molecule has 0 spiro atoms. The molecule has 1 N–H and O–H groups in total. The highest BCUT2D eigenvalue weighted by Crippen LogP contribution is 2.24. The van der Waals surface area contributed by atoms with Gasteiger partial charge >= 0.3 is 0 Å². The quantitative estimate of drug-likeness (QED) is 0.820. The summed E-state index contributed by atoms with van der Waals surface area (Å²) in [5.74, 6) is 0.924. The summed E-state index contributed by atoms with van der Waals surface area (Å²) in [6, 6.07) is 4.25. The zero-order valence-electron chi connectivity index (χ0n) is 13.4. The lowest BCUT2D eigenvalue weighted by Gasteiger charge is -2.28. The van der Waals surface area contributed by atoms with Gasteiger partial charge in [-0.15, -0.1) is 0 Å². The van der Waals surface area contributed by atoms with Crippen LogP contribution in [0.15, 0.2) is 12.1 Å². The Kier molecular flexibility index (Phi) is 7.50. The van der Waals surface area contributed by atoms with Crippen molar-refractivity contribution in [2.45, 2.75) is 46.1 Å². The molecule has 1 aliphatic heterocycles. The second-order valence-electron chi connectivity index (χ2n) is 6.05. The third-order valence-corrected chi connectivity index (χ3v) is 3.94. The van der Waals surface area contributed by atoms with E-state index in [4.69, 9.17) is 4.74 Å². The van der Waals surface area contributed by atoms with Gasteiger partial charge in [-0.25, -0.2) is 0 Å². The zero-order chi connectivity index (χ0) is 14.5. The molecular weight excluding hydrogens is 286 g/mol. The average molecular weight is 313 g/mol. The second kappa shape index (κ2) is 8.62. The molecule has 0 amide bonds. The van der Waals surface area contributed by atoms with E-state index in [-0.39, 0.29) is 12.4 Å². The van der Waals surface area contributed by atoms with Crippen LogP contribution in [0.4, 0.5) is 0 Å². The largest absolute Gasteiger partial charge is 1.00 e. The number of aliphatic hydroxyl groups excluding tert-OH is 1. The Morgan fingerprint density at radius 2 is 1.67 bits per heavy atom. The van der Waals surface area contributed by atoms with Gasteiger partial charge in [0.25, 0.3) is 0 Å². The maximum Gasteiger partial charge on any atom is 0.125 e. The maximum atomic E-state index is 10.1. The van der Waals surface area contributed by atoms with E-state index in [0.717, 1.165) is 36.5 Å². The standard InChI is InChI=1S/C17H27NO2.ClH/c1-13-9-14(2)17(15(3)10-13)20-12-16(19)11-18-7-5-4-6-8-18;/h9-10,16,19H,4-8,11-12H2,1-3H3;1H/p-1. The molecule has 0 aromatic heterocycles. The number of aryl methyl sites for hydroxylation is 3. The summed E-state index contributed by atoms with van der Waals surface area (Å²) in [7, 11) is 0. The van der Waals surface area contributed by atoms with E-state index in [2.05, 4.69) is 37.8 Å². The molecule has 1 fully saturated rings. The number of halogens is 1. The first-order chi connectivity index (χ1) is 9.56. The fourth-order valence-corrected chi connectivity index (χ4v) is 3.07. The Balaban J connectivity index is 0.00000220. The van der Waals surface area contributed by atoms with Gasteiger partial charge < -0.3 is 27.2 Å². The number of piperidine rings is 1. The molecule has 1 atom stereocenters. The van der Waals surface area contributed by atoms with Crippen molar-refractivity contribution in [1.29, 1.82) is 0 Å². The fourth-order valence-electron chi connectivity index (χ4n) is 3.07. The number of hydrogen-bond acceptors (Lipinski definition) is 3. The van der Waals surface area contributed by atoms with Gasteiger partial charge in [0.05, 0.1) is 0 Å². The van der Waals surface area contributed by atoms with Gasteiger partial charge in [0.15, 0.2) is 0 Å². The highest BCUT2D eigenvalue weighted by Gasteiger charge is 2.15. The number of hydrogen-bond donors (Lipinski definition) is 1. The molecule has 120 valence electrons. The number of nitrogens with zero attached hydrogens (tertiary/aromatic N) is 1. The monoisotopic (exact) mass is 312 g/mol. The van der Waals surface area contributed by atoms with Crippen LogP contribution in [0, 0.1) is 20.8 Å². The first-order valence-electron chi connectivity index (χ1n) is 7.67. The fraction of sp³-hybridized carbons (Fsp3) is 0.647. The van der Waals surface area contributed by atoms with Gasteiger partial charge in [-0.05, 0) is 57.8 Å². The first kappa shape index (κ1) is 18.3. The van der Waals surface area contributed by atoms with Gasteiger partial charge in [-0.2, -0.15) is 0 Å². The van der Waals surface area contributed by atoms with Crippen LogP contribution in [0.3, 0.4) is 0 Å². The van der Waals surface area contributed by atoms with Crippen LogP contribution in [-0.2, 0) is 0 Å². The van der Waals surface area contributed by atoms with Crippen LogP contribution in [0.5, 0.6) is 5.75 Å². The zero-order valence-corrected chi connectivity index (χ0v) is 14.1. The molecule has 1 saturated heterocycles. The Morgan fingerprint density at radius 1 is 1.10 bits per heavy atom. The van der Waals surface area contributed by atoms with Crippen LogP contribution < -0.4 is 17.1 Å². The molecule has 1 heterocycles. The normalized spacial score (nSPS) is 17.1. The van der Waals surface area contributed by atoms with E-state index >= 15 is 0 Å². The molecular formula is C17H27ClNO2-. The minimum atomic E-state index is -0.409. The van der Waals surface area contributed by atoms with Crippen LogP contribution in [-0.4, -0.2) is 42.4 Å². The minimum Gasteiger partial charge on any atom is -1.00 e. The van der Waals surface area contributed by atoms with E-state index in [1.54, 1.807) is 0 Å². The molecule has 4 heteroatoms. The van der Waals surface area contributed by atoms with Crippen LogP contribution >= 0.6 is 0 Å². The summed E-state index contributed by atoms with van der Waals surface area (Å²) in [5.41, 5.74) is 3.54. The molecule has 0 bridgehead atoms. The van der Waals surface area contributed by atoms with Gasteiger partial charge in [0.2, 0.25) is 0 Å². The summed E-state index contributed by atoms with van der Waals surface area (Å²) in [6.45, 7) is 9.54. The number of aliphatic hydroxyl groups is 1. The van der Waals surface area contributed by atoms with Crippen molar-refractivity contribution in [2.75, 3.05) is 26.2 Å². The lowest BCUT2D eigenvalue weighted by molar-refractivity contribution is -0.00000685. The number of benzene rings is 1. The highest BCUT2D eigenvalue weighted by atomic mass is 35.5. The van der Waals surface area contributed by atoms with Crippen LogP contribution in [0.25, 0.3) is 0 Å². The van der Waals surface area contributed by atoms with Gasteiger partial charge in [-0.3, -0.25) is 0 Å². The van der Waals surface area contributed by atoms with E-state index in [1.165, 1.54) is 24.8 Å². The summed E-state index contributed by atoms with van der Waals surface area (Å²) >= 11 is 0. The summed E-state index contributed by atoms with van der Waals surface area (Å²) < 4.78 is 5.85. The Morgan fingerprint density at radius 3 is 2.24 bits per heavy atom. The number of ether oxygens (including phenoxy) is 1. The van der Waals surface area contributed by atoms with Crippen molar-refractivity contribution >= 4 is 0 Å². The molecule has 1 aliphatic rings. The number of β-amino-alcohol motifs (C(OH)–C–C–N with tert-alkyl or cyclic N) is 1. The Labute approximate surface area is 134 Å². The summed E-state index contributed by atoms with van der Waals surface area (Å²) in [6.07, 6.45) is 3.42. The molecule has 1 aromatic carbocycles. The molecule has 0 radical (unpaired) electrons. The van der Waals surface area contributed by atoms with Crippen LogP contribution in [0.2, 0.25) is 0 Å². The minimum absolute atomic E-state index is 0. The third kappa shape index (κ3) is 5.50. The topological polar surface area (TPSA) is 32.7 Å². The smallest absolute Gasteiger partial charge is 0.125 e. The van der Waals surface area contributed by atoms with Crippen LogP contribution in [0.1, 0.15) is 36.0 Å². The molecule has 21 heavy (non-hydrogen) atoms. The van der Waals surface area contributed by atoms with Crippen molar-refractivity contribution in [3.05, 3.63) is 28.8 Å². The summed E-state index contributed by atoms with van der Waals surface area (Å²) in [4.78, 5) is 2.34. The predicted molar refractivity (Wildman–Crippen MR) is 82.4 cm³/mol. The van der Waals surface area contributed by atoms with Gasteiger partial charge in [0, 0.05) is 6.54 Å². The van der Waals surface area contributed by atoms with Crippen molar-refractivity contribution in [3.8, 4) is 5.75 Å². The molecule has 3 nitrogen and oxygen atoms in total. The Hall–Kier alpha value is -0.770. The average Bonchev–Trinajstić information content (AvgIpc) is 2.38. The van der Waals surface area contributed by atoms with Crippen molar-refractivity contribution in [3.63, 3.8) is 0 Å². The highest BCUT2D eigenvalue weighted by molar-refractivity contribution is 5.42. The van der Waals surface area contributed by atoms with E-state index in [9.17, 15) is 5.11 Å². The predicted octanol–water partition coefficient (Wildman–Crippen LogP) is -0.159. The van der Waals surface area contributed by atoms with E-state index in [1.807, 2.05) is 0 Å².